The molecule has 5 aromatic carbocycles. The molecule has 0 unspecified atom stereocenters. The van der Waals surface area contributed by atoms with E-state index in [9.17, 15) is 0 Å². The summed E-state index contributed by atoms with van der Waals surface area (Å²) in [5.74, 6) is 0. The Kier molecular flexibility index (Phi) is 12.4. The molecule has 4 heteroatoms. The summed E-state index contributed by atoms with van der Waals surface area (Å²) in [6, 6.07) is 40.3. The Morgan fingerprint density at radius 1 is 0.632 bits per heavy atom. The van der Waals surface area contributed by atoms with Crippen molar-refractivity contribution in [1.29, 1.82) is 0 Å². The van der Waals surface area contributed by atoms with Crippen molar-refractivity contribution in [1.82, 2.24) is 0 Å². The van der Waals surface area contributed by atoms with E-state index >= 15 is 0 Å². The summed E-state index contributed by atoms with van der Waals surface area (Å²) in [7, 11) is 0. The van der Waals surface area contributed by atoms with Crippen LogP contribution in [-0.2, 0) is 23.3 Å². The maximum atomic E-state index is 2.99. The Labute approximate surface area is 254 Å². The molecule has 2 aliphatic rings. The van der Waals surface area contributed by atoms with Gasteiger partial charge in [0.05, 0.1) is 0 Å². The monoisotopic (exact) mass is 626 g/mol. The van der Waals surface area contributed by atoms with E-state index in [0.717, 1.165) is 6.42 Å². The van der Waals surface area contributed by atoms with Crippen LogP contribution in [0.15, 0.2) is 121 Å². The minimum Gasteiger partial charge on any atom is -0.126 e. The Morgan fingerprint density at radius 3 is 1.47 bits per heavy atom. The number of benzene rings is 4. The molecular weight excluding hydrogens is 599 g/mol. The van der Waals surface area contributed by atoms with Crippen LogP contribution < -0.4 is 24.8 Å². The summed E-state index contributed by atoms with van der Waals surface area (Å²) in [5.41, 5.74) is 5.40. The maximum absolute atomic E-state index is 2.99. The number of rotatable bonds is 2. The fourth-order valence-electron chi connectivity index (χ4n) is 4.78. The van der Waals surface area contributed by atoms with Crippen molar-refractivity contribution >= 4 is 27.0 Å². The molecule has 7 rings (SSSR count). The molecule has 38 heavy (non-hydrogen) atoms. The topological polar surface area (TPSA) is 0 Å². The molecule has 0 radical (unpaired) electrons. The molecule has 1 aliphatic carbocycles. The van der Waals surface area contributed by atoms with Gasteiger partial charge in [-0.2, -0.15) is 6.08 Å². The van der Waals surface area contributed by atoms with Crippen LogP contribution >= 0.6 is 0 Å². The molecule has 0 nitrogen and oxygen atoms in total. The smallest absolute Gasteiger partial charge is 0.0259 e. The minimum absolute atomic E-state index is 0. The molecule has 1 heterocycles. The number of allylic oxidation sites excluding steroid dienone is 4. The molecule has 1 saturated heterocycles. The van der Waals surface area contributed by atoms with Crippen LogP contribution in [0, 0.1) is 6.08 Å². The van der Waals surface area contributed by atoms with Gasteiger partial charge in [0.2, 0.25) is 0 Å². The first-order valence-corrected chi connectivity index (χ1v) is 18.4. The van der Waals surface area contributed by atoms with E-state index in [1.54, 1.807) is 24.9 Å². The van der Waals surface area contributed by atoms with Crippen molar-refractivity contribution in [2.75, 3.05) is 0 Å². The van der Waals surface area contributed by atoms with Crippen LogP contribution in [0.3, 0.4) is 0 Å². The summed E-state index contributed by atoms with van der Waals surface area (Å²) >= 11 is 1.87. The standard InChI is InChI=1S/C25H17.C5H5.C4H8Si.2ClH.Zr/c1-3-7-18(8-4-1)20-11-13-24-22(15-20)17-23-16-21(12-14-25(23)24)19-9-5-2-6-10-19;2*1-2-4-5-3-1;;;/h1-17H;1-3H,4H2;1-4H2;2*1H;/q2*-1;;;;+2/p-2. The van der Waals surface area contributed by atoms with Gasteiger partial charge in [-0.25, -0.2) is 12.2 Å². The molecule has 0 saturated carbocycles. The third-order valence-corrected chi connectivity index (χ3v) is 12.3. The number of fused-ring (bicyclic) bond motifs is 3. The van der Waals surface area contributed by atoms with Gasteiger partial charge in [0.25, 0.3) is 0 Å². The van der Waals surface area contributed by atoms with Gasteiger partial charge in [0.15, 0.2) is 0 Å². The molecule has 190 valence electrons. The Morgan fingerprint density at radius 2 is 1.13 bits per heavy atom. The van der Waals surface area contributed by atoms with Gasteiger partial charge in [-0.1, -0.05) is 96.1 Å². The zero-order chi connectivity index (χ0) is 24.6. The molecule has 0 spiro atoms. The fourth-order valence-corrected chi connectivity index (χ4v) is 9.00. The van der Waals surface area contributed by atoms with E-state index in [2.05, 4.69) is 115 Å². The second-order valence-electron chi connectivity index (χ2n) is 9.29. The van der Waals surface area contributed by atoms with Crippen molar-refractivity contribution < 1.29 is 48.1 Å². The molecule has 0 atom stereocenters. The quantitative estimate of drug-likeness (QED) is 0.207. The van der Waals surface area contributed by atoms with Crippen LogP contribution in [-0.4, -0.2) is 5.43 Å². The molecular formula is C34H30Cl2SiZr-2. The van der Waals surface area contributed by atoms with E-state index < -0.39 is 0 Å². The van der Waals surface area contributed by atoms with E-state index in [1.807, 2.05) is 35.5 Å². The van der Waals surface area contributed by atoms with Gasteiger partial charge in [0.1, 0.15) is 0 Å². The van der Waals surface area contributed by atoms with E-state index in [0.29, 0.717) is 5.43 Å². The summed E-state index contributed by atoms with van der Waals surface area (Å²) in [6.07, 6.45) is 13.1. The van der Waals surface area contributed by atoms with Crippen LogP contribution in [0.1, 0.15) is 19.3 Å². The summed E-state index contributed by atoms with van der Waals surface area (Å²) in [4.78, 5) is 0. The van der Waals surface area contributed by atoms with Crippen molar-refractivity contribution in [3.8, 4) is 22.3 Å². The zero-order valence-electron chi connectivity index (χ0n) is 21.3. The van der Waals surface area contributed by atoms with Crippen LogP contribution in [0.2, 0.25) is 12.1 Å². The molecule has 1 fully saturated rings. The number of hydrogen-bond donors (Lipinski definition) is 0. The first kappa shape index (κ1) is 30.5. The number of halogens is 2. The Bertz CT molecular complexity index is 1410. The van der Waals surface area contributed by atoms with Gasteiger partial charge in [0, 0.05) is 0 Å². The van der Waals surface area contributed by atoms with E-state index in [1.165, 1.54) is 43.8 Å². The van der Waals surface area contributed by atoms with Gasteiger partial charge >= 0.3 is 53.7 Å². The second-order valence-corrected chi connectivity index (χ2v) is 16.7. The zero-order valence-corrected chi connectivity index (χ0v) is 26.3. The van der Waals surface area contributed by atoms with Crippen molar-refractivity contribution in [3.63, 3.8) is 0 Å². The maximum Gasteiger partial charge on any atom is -0.0259 e. The predicted molar refractivity (Wildman–Crippen MR) is 154 cm³/mol. The molecule has 0 aromatic heterocycles. The summed E-state index contributed by atoms with van der Waals surface area (Å²) in [5, 5.41) is 5.27. The Balaban J connectivity index is 0.000000257. The first-order valence-electron chi connectivity index (χ1n) is 12.8. The summed E-state index contributed by atoms with van der Waals surface area (Å²) < 4.78 is 0. The normalized spacial score (nSPS) is 13.3. The largest absolute Gasteiger partial charge is 0.126 e. The second kappa shape index (κ2) is 15.5. The van der Waals surface area contributed by atoms with Crippen LogP contribution in [0.25, 0.3) is 43.8 Å². The number of hydrogen-bond acceptors (Lipinski definition) is 0. The van der Waals surface area contributed by atoms with Crippen LogP contribution in [0.5, 0.6) is 0 Å². The molecule has 1 aliphatic heterocycles. The predicted octanol–water partition coefficient (Wildman–Crippen LogP) is 3.68. The van der Waals surface area contributed by atoms with Gasteiger partial charge in [-0.15, -0.1) is 46.2 Å². The fraction of sp³-hybridized carbons (Fsp3) is 0.147. The summed E-state index contributed by atoms with van der Waals surface area (Å²) in [6.45, 7) is 0. The first-order chi connectivity index (χ1) is 17.8. The molecule has 0 N–H and O–H groups in total. The van der Waals surface area contributed by atoms with E-state index in [4.69, 9.17) is 0 Å². The molecule has 0 amide bonds. The van der Waals surface area contributed by atoms with Gasteiger partial charge in [-0.05, 0) is 11.1 Å². The van der Waals surface area contributed by atoms with Gasteiger partial charge in [-0.3, -0.25) is 6.08 Å². The Hall–Kier alpha value is -2.09. The molecule has 0 bridgehead atoms. The van der Waals surface area contributed by atoms with Gasteiger partial charge < -0.3 is 24.8 Å². The average Bonchev–Trinajstić information content (AvgIpc) is 3.73. The van der Waals surface area contributed by atoms with Crippen molar-refractivity contribution in [2.24, 2.45) is 0 Å². The van der Waals surface area contributed by atoms with Crippen molar-refractivity contribution in [3.05, 3.63) is 127 Å². The van der Waals surface area contributed by atoms with Crippen molar-refractivity contribution in [2.45, 2.75) is 31.4 Å². The van der Waals surface area contributed by atoms with E-state index in [-0.39, 0.29) is 24.8 Å². The minimum atomic E-state index is 0. The van der Waals surface area contributed by atoms with Crippen LogP contribution in [0.4, 0.5) is 0 Å². The third kappa shape index (κ3) is 7.96. The average molecular weight is 629 g/mol. The third-order valence-electron chi connectivity index (χ3n) is 6.71. The SMILES string of the molecule is [C-]1=CC=CC1.[Cl-].[Cl-].[Zr+2]=[Si]1CCCC1.c1ccc(-c2ccc3c(c2)[cH-]c2cc(-c4ccccc4)ccc23)cc1. The molecule has 5 aromatic rings.